The number of hydrogen-bond acceptors (Lipinski definition) is 6. The van der Waals surface area contributed by atoms with Crippen LogP contribution in [-0.4, -0.2) is 64.0 Å². The second-order valence-corrected chi connectivity index (χ2v) is 8.95. The number of sulfonamides is 1. The van der Waals surface area contributed by atoms with Crippen LogP contribution in [0.5, 0.6) is 11.5 Å². The van der Waals surface area contributed by atoms with Crippen LogP contribution in [0, 0.1) is 11.3 Å². The maximum Gasteiger partial charge on any atom is 0.243 e. The fourth-order valence-electron chi connectivity index (χ4n) is 3.91. The zero-order valence-corrected chi connectivity index (χ0v) is 14.8. The van der Waals surface area contributed by atoms with Crippen LogP contribution in [0.2, 0.25) is 0 Å². The van der Waals surface area contributed by atoms with Crippen molar-refractivity contribution in [3.63, 3.8) is 0 Å². The molecular weight excluding hydrogens is 346 g/mol. The highest BCUT2D eigenvalue weighted by Crippen LogP contribution is 2.43. The Morgan fingerprint density at radius 3 is 2.76 bits per heavy atom. The summed E-state index contributed by atoms with van der Waals surface area (Å²) >= 11 is 0. The van der Waals surface area contributed by atoms with E-state index in [4.69, 9.17) is 14.2 Å². The molecule has 1 aromatic carbocycles. The lowest BCUT2D eigenvalue weighted by molar-refractivity contribution is -0.0552. The van der Waals surface area contributed by atoms with Crippen LogP contribution in [0.4, 0.5) is 0 Å². The average molecular weight is 369 g/mol. The minimum atomic E-state index is -3.66. The Hall–Kier alpha value is -1.35. The number of nitrogens with zero attached hydrogens (tertiary/aromatic N) is 1. The summed E-state index contributed by atoms with van der Waals surface area (Å²) in [6, 6.07) is 4.76. The van der Waals surface area contributed by atoms with Crippen LogP contribution in [0.15, 0.2) is 23.1 Å². The minimum absolute atomic E-state index is 0.0647. The van der Waals surface area contributed by atoms with E-state index in [2.05, 4.69) is 0 Å². The topological polar surface area (TPSA) is 85.3 Å². The molecule has 8 heteroatoms. The number of fused-ring (bicyclic) bond motifs is 2. The Balaban J connectivity index is 1.63. The van der Waals surface area contributed by atoms with Gasteiger partial charge >= 0.3 is 0 Å². The summed E-state index contributed by atoms with van der Waals surface area (Å²) in [7, 11) is -3.66. The third-order valence-corrected chi connectivity index (χ3v) is 7.26. The maximum atomic E-state index is 13.1. The first-order chi connectivity index (χ1) is 12.0. The van der Waals surface area contributed by atoms with Crippen LogP contribution in [0.25, 0.3) is 0 Å². The van der Waals surface area contributed by atoms with Crippen LogP contribution >= 0.6 is 0 Å². The average Bonchev–Trinajstić information content (AvgIpc) is 2.88. The van der Waals surface area contributed by atoms with Gasteiger partial charge < -0.3 is 19.3 Å². The van der Waals surface area contributed by atoms with Crippen LogP contribution < -0.4 is 9.47 Å². The van der Waals surface area contributed by atoms with E-state index in [0.29, 0.717) is 44.5 Å². The molecule has 0 amide bonds. The van der Waals surface area contributed by atoms with Gasteiger partial charge in [-0.3, -0.25) is 0 Å². The van der Waals surface area contributed by atoms with Crippen molar-refractivity contribution in [1.29, 1.82) is 0 Å². The fourth-order valence-corrected chi connectivity index (χ4v) is 5.50. The second-order valence-electron chi connectivity index (χ2n) is 7.02. The molecule has 0 bridgehead atoms. The van der Waals surface area contributed by atoms with Gasteiger partial charge in [0.2, 0.25) is 10.0 Å². The Labute approximate surface area is 147 Å². The highest BCUT2D eigenvalue weighted by atomic mass is 32.2. The molecule has 3 aliphatic heterocycles. The van der Waals surface area contributed by atoms with Crippen molar-refractivity contribution < 1.29 is 27.7 Å². The molecule has 0 saturated carbocycles. The van der Waals surface area contributed by atoms with Gasteiger partial charge in [0.15, 0.2) is 11.5 Å². The second kappa shape index (κ2) is 6.42. The number of aliphatic hydroxyl groups excluding tert-OH is 1. The quantitative estimate of drug-likeness (QED) is 0.851. The number of aliphatic hydroxyl groups is 1. The highest BCUT2D eigenvalue weighted by Gasteiger charge is 2.51. The molecule has 0 unspecified atom stereocenters. The van der Waals surface area contributed by atoms with Crippen LogP contribution in [0.1, 0.15) is 12.8 Å². The van der Waals surface area contributed by atoms with Gasteiger partial charge in [-0.05, 0) is 24.5 Å². The number of hydrogen-bond donors (Lipinski definition) is 1. The molecule has 2 saturated heterocycles. The highest BCUT2D eigenvalue weighted by molar-refractivity contribution is 7.89. The van der Waals surface area contributed by atoms with E-state index in [9.17, 15) is 13.5 Å². The first kappa shape index (κ1) is 17.1. The predicted octanol–water partition coefficient (Wildman–Crippen LogP) is 0.867. The molecule has 138 valence electrons. The van der Waals surface area contributed by atoms with E-state index in [1.165, 1.54) is 4.31 Å². The summed E-state index contributed by atoms with van der Waals surface area (Å²) in [6.07, 6.45) is 1.54. The Morgan fingerprint density at radius 1 is 1.20 bits per heavy atom. The lowest BCUT2D eigenvalue weighted by Gasteiger charge is -2.36. The van der Waals surface area contributed by atoms with Gasteiger partial charge in [0.1, 0.15) is 0 Å². The molecule has 25 heavy (non-hydrogen) atoms. The van der Waals surface area contributed by atoms with Gasteiger partial charge in [0.25, 0.3) is 0 Å². The molecule has 1 aromatic rings. The molecule has 4 rings (SSSR count). The van der Waals surface area contributed by atoms with Crippen molar-refractivity contribution in [3.05, 3.63) is 18.2 Å². The molecule has 0 radical (unpaired) electrons. The molecule has 7 nitrogen and oxygen atoms in total. The molecule has 0 aliphatic carbocycles. The molecule has 2 fully saturated rings. The summed E-state index contributed by atoms with van der Waals surface area (Å²) < 4.78 is 44.4. The summed E-state index contributed by atoms with van der Waals surface area (Å²) in [5.74, 6) is 1.17. The monoisotopic (exact) mass is 369 g/mol. The van der Waals surface area contributed by atoms with Crippen molar-refractivity contribution in [2.24, 2.45) is 11.3 Å². The lowest BCUT2D eigenvalue weighted by Crippen LogP contribution is -2.43. The third-order valence-electron chi connectivity index (χ3n) is 5.45. The molecule has 1 N–H and O–H groups in total. The molecule has 3 aliphatic rings. The van der Waals surface area contributed by atoms with E-state index >= 15 is 0 Å². The SMILES string of the molecule is O=S(=O)(c1ccc2c(c1)OCCCO2)N1C[C@@H]2CCOC[C@]2(CO)C1. The van der Waals surface area contributed by atoms with Gasteiger partial charge in [-0.15, -0.1) is 0 Å². The number of ether oxygens (including phenoxy) is 3. The van der Waals surface area contributed by atoms with Gasteiger partial charge in [-0.1, -0.05) is 0 Å². The summed E-state index contributed by atoms with van der Waals surface area (Å²) in [6.45, 7) is 2.72. The molecule has 2 atom stereocenters. The number of rotatable bonds is 3. The van der Waals surface area contributed by atoms with E-state index < -0.39 is 15.4 Å². The van der Waals surface area contributed by atoms with Crippen LogP contribution in [0.3, 0.4) is 0 Å². The fraction of sp³-hybridized carbons (Fsp3) is 0.647. The zero-order chi connectivity index (χ0) is 17.5. The van der Waals surface area contributed by atoms with Crippen molar-refractivity contribution in [2.45, 2.75) is 17.7 Å². The standard InChI is InChI=1S/C17H23NO6S/c19-11-17-10-18(9-13(17)4-7-22-12-17)25(20,21)14-2-3-15-16(8-14)24-6-1-5-23-15/h2-3,8,13,19H,1,4-7,9-12H2/t13-,17+/m0/s1. The Morgan fingerprint density at radius 2 is 2.00 bits per heavy atom. The summed E-state index contributed by atoms with van der Waals surface area (Å²) in [4.78, 5) is 0.199. The summed E-state index contributed by atoms with van der Waals surface area (Å²) in [5, 5.41) is 9.86. The zero-order valence-electron chi connectivity index (χ0n) is 14.0. The van der Waals surface area contributed by atoms with E-state index in [1.807, 2.05) is 0 Å². The summed E-state index contributed by atoms with van der Waals surface area (Å²) in [5.41, 5.74) is -0.489. The van der Waals surface area contributed by atoms with Gasteiger partial charge in [-0.2, -0.15) is 4.31 Å². The Kier molecular flexibility index (Phi) is 4.39. The molecule has 0 spiro atoms. The van der Waals surface area contributed by atoms with E-state index in [0.717, 1.165) is 12.8 Å². The largest absolute Gasteiger partial charge is 0.490 e. The van der Waals surface area contributed by atoms with Gasteiger partial charge in [0, 0.05) is 37.6 Å². The first-order valence-corrected chi connectivity index (χ1v) is 10.1. The van der Waals surface area contributed by atoms with Crippen molar-refractivity contribution >= 4 is 10.0 Å². The maximum absolute atomic E-state index is 13.1. The lowest BCUT2D eigenvalue weighted by atomic mass is 9.76. The smallest absolute Gasteiger partial charge is 0.243 e. The minimum Gasteiger partial charge on any atom is -0.490 e. The molecular formula is C17H23NO6S. The van der Waals surface area contributed by atoms with Crippen molar-refractivity contribution in [1.82, 2.24) is 4.31 Å². The van der Waals surface area contributed by atoms with Crippen LogP contribution in [-0.2, 0) is 14.8 Å². The third kappa shape index (κ3) is 2.91. The van der Waals surface area contributed by atoms with E-state index in [1.54, 1.807) is 18.2 Å². The van der Waals surface area contributed by atoms with Crippen molar-refractivity contribution in [3.8, 4) is 11.5 Å². The number of benzene rings is 1. The van der Waals surface area contributed by atoms with Crippen molar-refractivity contribution in [2.75, 3.05) is 46.1 Å². The predicted molar refractivity (Wildman–Crippen MR) is 89.3 cm³/mol. The molecule has 0 aromatic heterocycles. The normalized spacial score (nSPS) is 29.9. The van der Waals surface area contributed by atoms with E-state index in [-0.39, 0.29) is 24.0 Å². The Bertz CT molecular complexity index is 752. The molecule has 3 heterocycles. The first-order valence-electron chi connectivity index (χ1n) is 8.64. The van der Waals surface area contributed by atoms with Gasteiger partial charge in [-0.25, -0.2) is 8.42 Å². The van der Waals surface area contributed by atoms with Gasteiger partial charge in [0.05, 0.1) is 31.3 Å².